The average molecular weight is 646 g/mol. The number of nitrogens with zero attached hydrogens (tertiary/aromatic N) is 5. The number of carbonyl (C=O) groups excluding carboxylic acids is 3. The van der Waals surface area contributed by atoms with Crippen LogP contribution in [-0.4, -0.2) is 84.8 Å². The Morgan fingerprint density at radius 1 is 1.02 bits per heavy atom. The minimum Gasteiger partial charge on any atom is -0.508 e. The average Bonchev–Trinajstić information content (AvgIpc) is 3.85. The van der Waals surface area contributed by atoms with Crippen LogP contribution < -0.4 is 5.32 Å². The number of aromatic nitrogens is 2. The van der Waals surface area contributed by atoms with Crippen LogP contribution in [0.3, 0.4) is 0 Å². The van der Waals surface area contributed by atoms with Gasteiger partial charge < -0.3 is 20.2 Å². The molecule has 0 unspecified atom stereocenters. The molecule has 3 aliphatic rings. The smallest absolute Gasteiger partial charge is 0.334 e. The summed E-state index contributed by atoms with van der Waals surface area (Å²) in [6.07, 6.45) is 3.34. The number of phenols is 1. The van der Waals surface area contributed by atoms with E-state index in [0.29, 0.717) is 12.5 Å². The number of allylic oxidation sites excluding steroid dienone is 1. The van der Waals surface area contributed by atoms with Gasteiger partial charge in [-0.15, -0.1) is 6.58 Å². The van der Waals surface area contributed by atoms with E-state index >= 15 is 0 Å². The first kappa shape index (κ1) is 31.2. The Kier molecular flexibility index (Phi) is 8.45. The number of benzene rings is 3. The van der Waals surface area contributed by atoms with Crippen LogP contribution in [0.5, 0.6) is 5.75 Å². The summed E-state index contributed by atoms with van der Waals surface area (Å²) in [4.78, 5) is 45.6. The number of hydrogen-bond donors (Lipinski definition) is 3. The van der Waals surface area contributed by atoms with Crippen molar-refractivity contribution >= 4 is 34.3 Å². The largest absolute Gasteiger partial charge is 0.508 e. The van der Waals surface area contributed by atoms with Gasteiger partial charge in [0.25, 0.3) is 0 Å². The van der Waals surface area contributed by atoms with Gasteiger partial charge in [-0.1, -0.05) is 73.3 Å². The van der Waals surface area contributed by atoms with Gasteiger partial charge in [0.15, 0.2) is 0 Å². The van der Waals surface area contributed by atoms with Crippen molar-refractivity contribution in [1.82, 2.24) is 35.3 Å². The van der Waals surface area contributed by atoms with Crippen molar-refractivity contribution in [2.45, 2.75) is 44.6 Å². The number of rotatable bonds is 10. The zero-order valence-corrected chi connectivity index (χ0v) is 26.7. The Labute approximate surface area is 279 Å². The summed E-state index contributed by atoms with van der Waals surface area (Å²) in [6.45, 7) is 9.01. The molecule has 3 heterocycles. The van der Waals surface area contributed by atoms with Crippen molar-refractivity contribution in [3.05, 3.63) is 114 Å². The molecule has 2 aliphatic heterocycles. The molecule has 4 aromatic rings. The maximum absolute atomic E-state index is 14.4. The molecule has 0 bridgehead atoms. The zero-order chi connectivity index (χ0) is 33.4. The second kappa shape index (κ2) is 13.0. The van der Waals surface area contributed by atoms with E-state index in [4.69, 9.17) is 0 Å². The molecule has 3 N–H and O–H groups in total. The third-order valence-corrected chi connectivity index (χ3v) is 9.45. The monoisotopic (exact) mass is 645 g/mol. The van der Waals surface area contributed by atoms with Crippen LogP contribution in [0.15, 0.2) is 92.0 Å². The van der Waals surface area contributed by atoms with Gasteiger partial charge in [-0.05, 0) is 53.2 Å². The Bertz CT molecular complexity index is 1870. The van der Waals surface area contributed by atoms with Crippen molar-refractivity contribution in [3.63, 3.8) is 0 Å². The highest BCUT2D eigenvalue weighted by molar-refractivity contribution is 5.94. The molecule has 2 atom stereocenters. The highest BCUT2D eigenvalue weighted by Gasteiger charge is 2.51. The molecular formula is C37H39N7O4. The summed E-state index contributed by atoms with van der Waals surface area (Å²) in [7, 11) is 0. The highest BCUT2D eigenvalue weighted by atomic mass is 16.3. The number of hydrogen-bond acceptors (Lipinski definition) is 6. The first-order valence-corrected chi connectivity index (χ1v) is 16.3. The lowest BCUT2D eigenvalue weighted by Gasteiger charge is -2.55. The number of fused-ring (bicyclic) bond motifs is 2. The van der Waals surface area contributed by atoms with Gasteiger partial charge in [-0.25, -0.2) is 14.8 Å². The number of nitrogens with one attached hydrogen (secondary N) is 2. The maximum Gasteiger partial charge on any atom is 0.334 e. The summed E-state index contributed by atoms with van der Waals surface area (Å²) < 4.78 is 0. The summed E-state index contributed by atoms with van der Waals surface area (Å²) in [5.41, 5.74) is 5.32. The number of H-pyrrole nitrogens is 1. The van der Waals surface area contributed by atoms with Gasteiger partial charge in [-0.2, -0.15) is 5.10 Å². The molecule has 1 aliphatic carbocycles. The van der Waals surface area contributed by atoms with Crippen LogP contribution in [0.2, 0.25) is 0 Å². The van der Waals surface area contributed by atoms with E-state index in [1.807, 2.05) is 48.5 Å². The fourth-order valence-electron chi connectivity index (χ4n) is 6.86. The van der Waals surface area contributed by atoms with Crippen LogP contribution in [0.4, 0.5) is 4.79 Å². The number of phenolic OH excluding ortho intramolecular Hbond substituents is 1. The summed E-state index contributed by atoms with van der Waals surface area (Å²) >= 11 is 0. The highest BCUT2D eigenvalue weighted by Crippen LogP contribution is 2.42. The van der Waals surface area contributed by atoms with Gasteiger partial charge in [0.2, 0.25) is 11.8 Å². The van der Waals surface area contributed by atoms with E-state index in [2.05, 4.69) is 28.7 Å². The summed E-state index contributed by atoms with van der Waals surface area (Å²) in [5.74, 6) is 0.107. The van der Waals surface area contributed by atoms with Gasteiger partial charge in [0.05, 0.1) is 24.3 Å². The number of piperazine rings is 1. The molecule has 1 saturated carbocycles. The standard InChI is InChI=1S/C37H39N7O4/c1-3-18-42-23-33(46)43-31(19-25-12-16-29(45)17-13-25)36(47)41(22-32(43)44(42)37(48)38-20-26-8-5-4-6-9-26)21-28-10-7-11-30-34(39-40-35(28)30)24(2)27-14-15-27/h3-13,16-17,27,31-32,45H,1-2,14-15,18-23H2,(H,38,48)(H,39,40)/t31-,32-/m0/s1. The van der Waals surface area contributed by atoms with Crippen LogP contribution >= 0.6 is 0 Å². The van der Waals surface area contributed by atoms with E-state index < -0.39 is 12.2 Å². The minimum absolute atomic E-state index is 0.0816. The molecule has 3 fully saturated rings. The first-order chi connectivity index (χ1) is 23.3. The lowest BCUT2D eigenvalue weighted by atomic mass is 9.97. The number of aromatic hydroxyl groups is 1. The van der Waals surface area contributed by atoms with E-state index in [9.17, 15) is 19.5 Å². The van der Waals surface area contributed by atoms with Crippen molar-refractivity contribution in [2.75, 3.05) is 19.6 Å². The second-order valence-electron chi connectivity index (χ2n) is 12.7. The van der Waals surface area contributed by atoms with Crippen LogP contribution in [0.1, 0.15) is 35.2 Å². The minimum atomic E-state index is -0.873. The number of urea groups is 1. The zero-order valence-electron chi connectivity index (χ0n) is 26.7. The summed E-state index contributed by atoms with van der Waals surface area (Å²) in [6, 6.07) is 20.9. The maximum atomic E-state index is 14.4. The third kappa shape index (κ3) is 6.04. The lowest BCUT2D eigenvalue weighted by Crippen LogP contribution is -2.76. The Balaban J connectivity index is 1.24. The van der Waals surface area contributed by atoms with Crippen molar-refractivity contribution < 1.29 is 19.5 Å². The topological polar surface area (TPSA) is 125 Å². The molecular weight excluding hydrogens is 606 g/mol. The summed E-state index contributed by atoms with van der Waals surface area (Å²) in [5, 5.41) is 25.0. The predicted octanol–water partition coefficient (Wildman–Crippen LogP) is 4.43. The molecule has 0 spiro atoms. The molecule has 3 aromatic carbocycles. The SMILES string of the molecule is C=CCN1CC(=O)N2[C@@H](Cc3ccc(O)cc3)C(=O)N(Cc3cccc4c(C(=C)C5CC5)n[nH]c34)C[C@@H]2N1C(=O)NCc1ccccc1. The number of hydrazine groups is 1. The molecule has 7 rings (SSSR count). The van der Waals surface area contributed by atoms with E-state index in [1.165, 1.54) is 0 Å². The van der Waals surface area contributed by atoms with Gasteiger partial charge in [-0.3, -0.25) is 14.7 Å². The molecule has 11 heteroatoms. The van der Waals surface area contributed by atoms with Crippen molar-refractivity contribution in [3.8, 4) is 5.75 Å². The molecule has 1 aromatic heterocycles. The molecule has 0 radical (unpaired) electrons. The Hall–Kier alpha value is -5.42. The second-order valence-corrected chi connectivity index (χ2v) is 12.7. The fraction of sp³-hybridized carbons (Fsp3) is 0.297. The quantitative estimate of drug-likeness (QED) is 0.219. The normalized spacial score (nSPS) is 19.8. The van der Waals surface area contributed by atoms with Crippen molar-refractivity contribution in [2.24, 2.45) is 5.92 Å². The van der Waals surface area contributed by atoms with Gasteiger partial charge >= 0.3 is 6.03 Å². The molecule has 246 valence electrons. The fourth-order valence-corrected chi connectivity index (χ4v) is 6.86. The Morgan fingerprint density at radius 2 is 1.79 bits per heavy atom. The van der Waals surface area contributed by atoms with Gasteiger partial charge in [0, 0.05) is 31.4 Å². The van der Waals surface area contributed by atoms with E-state index in [-0.39, 0.29) is 56.2 Å². The van der Waals surface area contributed by atoms with Gasteiger partial charge in [0.1, 0.15) is 18.0 Å². The van der Waals surface area contributed by atoms with E-state index in [1.54, 1.807) is 50.2 Å². The first-order valence-electron chi connectivity index (χ1n) is 16.3. The van der Waals surface area contributed by atoms with Crippen molar-refractivity contribution in [1.29, 1.82) is 0 Å². The number of carbonyl (C=O) groups is 3. The predicted molar refractivity (Wildman–Crippen MR) is 182 cm³/mol. The molecule has 2 saturated heterocycles. The Morgan fingerprint density at radius 3 is 2.52 bits per heavy atom. The number of aromatic amines is 1. The van der Waals surface area contributed by atoms with Crippen LogP contribution in [-0.2, 0) is 29.1 Å². The molecule has 48 heavy (non-hydrogen) atoms. The third-order valence-electron chi connectivity index (χ3n) is 9.45. The molecule has 11 nitrogen and oxygen atoms in total. The molecule has 4 amide bonds. The van der Waals surface area contributed by atoms with E-state index in [0.717, 1.165) is 51.7 Å². The number of amides is 4. The van der Waals surface area contributed by atoms with Crippen LogP contribution in [0.25, 0.3) is 16.5 Å². The lowest BCUT2D eigenvalue weighted by molar-refractivity contribution is -0.189. The van der Waals surface area contributed by atoms with Crippen LogP contribution in [0, 0.1) is 5.92 Å². The number of para-hydroxylation sites is 1.